The van der Waals surface area contributed by atoms with Crippen LogP contribution in [0.25, 0.3) is 0 Å². The lowest BCUT2D eigenvalue weighted by Gasteiger charge is -2.26. The first-order valence-corrected chi connectivity index (χ1v) is 12.9. The van der Waals surface area contributed by atoms with E-state index < -0.39 is 15.9 Å². The highest BCUT2D eigenvalue weighted by Gasteiger charge is 2.27. The number of amides is 1. The van der Waals surface area contributed by atoms with Crippen LogP contribution in [0.5, 0.6) is 17.2 Å². The van der Waals surface area contributed by atoms with Crippen LogP contribution in [0.15, 0.2) is 59.5 Å². The number of carbonyl (C=O) groups is 1. The number of rotatable bonds is 7. The van der Waals surface area contributed by atoms with E-state index in [1.54, 1.807) is 43.3 Å². The highest BCUT2D eigenvalue weighted by atomic mass is 32.2. The van der Waals surface area contributed by atoms with Gasteiger partial charge in [-0.1, -0.05) is 18.6 Å². The average molecular weight is 496 g/mol. The minimum absolute atomic E-state index is 0.0980. The third-order valence-electron chi connectivity index (χ3n) is 5.91. The van der Waals surface area contributed by atoms with Crippen molar-refractivity contribution < 1.29 is 22.7 Å². The van der Waals surface area contributed by atoms with Crippen molar-refractivity contribution in [2.24, 2.45) is 0 Å². The zero-order valence-corrected chi connectivity index (χ0v) is 20.9. The number of nitrogens with one attached hydrogen (secondary N) is 1. The maximum Gasteiger partial charge on any atom is 0.257 e. The number of hydrogen-bond donors (Lipinski definition) is 1. The van der Waals surface area contributed by atoms with Gasteiger partial charge in [0, 0.05) is 18.8 Å². The van der Waals surface area contributed by atoms with Crippen LogP contribution in [0.3, 0.4) is 0 Å². The smallest absolute Gasteiger partial charge is 0.257 e. The minimum atomic E-state index is -3.71. The number of nitrogens with zero attached hydrogens (tertiary/aromatic N) is 2. The lowest BCUT2D eigenvalue weighted by atomic mass is 10.1. The van der Waals surface area contributed by atoms with E-state index in [1.807, 2.05) is 13.0 Å². The number of benzene rings is 2. The highest BCUT2D eigenvalue weighted by molar-refractivity contribution is 7.89. The van der Waals surface area contributed by atoms with Gasteiger partial charge >= 0.3 is 0 Å². The molecule has 4 rings (SSSR count). The minimum Gasteiger partial charge on any atom is -0.493 e. The molecular weight excluding hydrogens is 466 g/mol. The molecule has 0 spiro atoms. The number of piperidine rings is 1. The molecule has 0 aliphatic carbocycles. The van der Waals surface area contributed by atoms with Crippen molar-refractivity contribution in [3.05, 3.63) is 71.5 Å². The van der Waals surface area contributed by atoms with Gasteiger partial charge in [0.1, 0.15) is 0 Å². The number of para-hydroxylation sites is 2. The van der Waals surface area contributed by atoms with Gasteiger partial charge in [0.05, 0.1) is 29.0 Å². The highest BCUT2D eigenvalue weighted by Crippen LogP contribution is 2.37. The normalized spacial score (nSPS) is 14.4. The van der Waals surface area contributed by atoms with Crippen LogP contribution in [-0.4, -0.2) is 43.8 Å². The number of sulfonamides is 1. The van der Waals surface area contributed by atoms with Gasteiger partial charge in [-0.25, -0.2) is 8.42 Å². The molecule has 1 N–H and O–H groups in total. The summed E-state index contributed by atoms with van der Waals surface area (Å²) >= 11 is 0. The van der Waals surface area contributed by atoms with Gasteiger partial charge in [-0.05, 0) is 69.2 Å². The van der Waals surface area contributed by atoms with Gasteiger partial charge in [-0.2, -0.15) is 4.31 Å². The zero-order chi connectivity index (χ0) is 25.0. The molecule has 9 heteroatoms. The Bertz CT molecular complexity index is 1330. The van der Waals surface area contributed by atoms with E-state index in [9.17, 15) is 13.2 Å². The topological polar surface area (TPSA) is 97.8 Å². The van der Waals surface area contributed by atoms with Gasteiger partial charge in [0.2, 0.25) is 10.0 Å². The van der Waals surface area contributed by atoms with Crippen molar-refractivity contribution in [2.75, 3.05) is 25.5 Å². The van der Waals surface area contributed by atoms with Crippen LogP contribution in [-0.2, 0) is 10.0 Å². The first-order valence-electron chi connectivity index (χ1n) is 11.5. The fourth-order valence-corrected chi connectivity index (χ4v) is 5.59. The molecular formula is C26H29N3O5S. The van der Waals surface area contributed by atoms with E-state index in [1.165, 1.54) is 23.5 Å². The van der Waals surface area contributed by atoms with E-state index in [0.29, 0.717) is 35.8 Å². The van der Waals surface area contributed by atoms with E-state index >= 15 is 0 Å². The largest absolute Gasteiger partial charge is 0.493 e. The number of methoxy groups -OCH3 is 1. The average Bonchev–Trinajstić information content (AvgIpc) is 2.85. The monoisotopic (exact) mass is 495 g/mol. The van der Waals surface area contributed by atoms with Crippen LogP contribution in [0.2, 0.25) is 0 Å². The van der Waals surface area contributed by atoms with Gasteiger partial charge in [-0.3, -0.25) is 9.78 Å². The number of aromatic nitrogens is 1. The molecule has 1 aromatic heterocycles. The number of pyridine rings is 1. The number of aryl methyl sites for hydroxylation is 2. The van der Waals surface area contributed by atoms with E-state index in [4.69, 9.17) is 9.47 Å². The van der Waals surface area contributed by atoms with Crippen molar-refractivity contribution >= 4 is 21.6 Å². The van der Waals surface area contributed by atoms with Crippen molar-refractivity contribution in [2.45, 2.75) is 38.0 Å². The Kier molecular flexibility index (Phi) is 7.37. The summed E-state index contributed by atoms with van der Waals surface area (Å²) < 4.78 is 39.5. The molecule has 2 aromatic carbocycles. The molecule has 0 bridgehead atoms. The molecule has 0 atom stereocenters. The summed E-state index contributed by atoms with van der Waals surface area (Å²) in [5.41, 5.74) is 2.00. The standard InChI is InChI=1S/C26H29N3O5S/c1-18-11-13-21(19(2)27-18)26(30)28-22-17-20(35(31,32)29-15-7-4-8-16-29)12-14-23(22)34-25-10-6-5-9-24(25)33-3/h5-6,9-14,17H,4,7-8,15-16H2,1-3H3,(H,28,30). The SMILES string of the molecule is COc1ccccc1Oc1ccc(S(=O)(=O)N2CCCCC2)cc1NC(=O)c1ccc(C)nc1C. The molecule has 0 saturated carbocycles. The lowest BCUT2D eigenvalue weighted by Crippen LogP contribution is -2.35. The Morgan fingerprint density at radius 2 is 1.66 bits per heavy atom. The Morgan fingerprint density at radius 1 is 0.943 bits per heavy atom. The van der Waals surface area contributed by atoms with Crippen LogP contribution in [0.1, 0.15) is 41.0 Å². The van der Waals surface area contributed by atoms with E-state index in [0.717, 1.165) is 25.0 Å². The van der Waals surface area contributed by atoms with Gasteiger partial charge in [0.15, 0.2) is 17.2 Å². The van der Waals surface area contributed by atoms with Crippen molar-refractivity contribution in [3.8, 4) is 17.2 Å². The van der Waals surface area contributed by atoms with Crippen LogP contribution < -0.4 is 14.8 Å². The maximum atomic E-state index is 13.3. The van der Waals surface area contributed by atoms with Crippen LogP contribution >= 0.6 is 0 Å². The van der Waals surface area contributed by atoms with Crippen LogP contribution in [0.4, 0.5) is 5.69 Å². The summed E-state index contributed by atoms with van der Waals surface area (Å²) in [6.45, 7) is 4.57. The second kappa shape index (κ2) is 10.5. The molecule has 8 nitrogen and oxygen atoms in total. The predicted molar refractivity (Wildman–Crippen MR) is 134 cm³/mol. The molecule has 1 amide bonds. The Labute approximate surface area is 206 Å². The number of carbonyl (C=O) groups excluding carboxylic acids is 1. The first-order chi connectivity index (χ1) is 16.8. The zero-order valence-electron chi connectivity index (χ0n) is 20.1. The summed E-state index contributed by atoms with van der Waals surface area (Å²) in [7, 11) is -2.18. The second-order valence-corrected chi connectivity index (χ2v) is 10.4. The van der Waals surface area contributed by atoms with Crippen molar-refractivity contribution in [1.82, 2.24) is 9.29 Å². The quantitative estimate of drug-likeness (QED) is 0.499. The summed E-state index contributed by atoms with van der Waals surface area (Å²) in [5.74, 6) is 0.823. The molecule has 35 heavy (non-hydrogen) atoms. The summed E-state index contributed by atoms with van der Waals surface area (Å²) in [4.78, 5) is 17.6. The molecule has 1 aliphatic heterocycles. The summed E-state index contributed by atoms with van der Waals surface area (Å²) in [6, 6.07) is 15.1. The van der Waals surface area contributed by atoms with E-state index in [2.05, 4.69) is 10.3 Å². The van der Waals surface area contributed by atoms with Gasteiger partial charge in [-0.15, -0.1) is 0 Å². The molecule has 1 aliphatic rings. The van der Waals surface area contributed by atoms with Crippen molar-refractivity contribution in [1.29, 1.82) is 0 Å². The van der Waals surface area contributed by atoms with Crippen LogP contribution in [0, 0.1) is 13.8 Å². The van der Waals surface area contributed by atoms with E-state index in [-0.39, 0.29) is 16.3 Å². The number of hydrogen-bond acceptors (Lipinski definition) is 6. The molecule has 1 fully saturated rings. The lowest BCUT2D eigenvalue weighted by molar-refractivity contribution is 0.102. The molecule has 1 saturated heterocycles. The third kappa shape index (κ3) is 5.47. The molecule has 3 aromatic rings. The second-order valence-electron chi connectivity index (χ2n) is 8.42. The number of anilines is 1. The molecule has 0 unspecified atom stereocenters. The third-order valence-corrected chi connectivity index (χ3v) is 7.81. The van der Waals surface area contributed by atoms with Gasteiger partial charge < -0.3 is 14.8 Å². The summed E-state index contributed by atoms with van der Waals surface area (Å²) in [6.07, 6.45) is 2.68. The molecule has 184 valence electrons. The molecule has 2 heterocycles. The molecule has 0 radical (unpaired) electrons. The van der Waals surface area contributed by atoms with Crippen molar-refractivity contribution in [3.63, 3.8) is 0 Å². The summed E-state index contributed by atoms with van der Waals surface area (Å²) in [5, 5.41) is 2.83. The number of ether oxygens (including phenoxy) is 2. The fraction of sp³-hybridized carbons (Fsp3) is 0.308. The maximum absolute atomic E-state index is 13.3. The Morgan fingerprint density at radius 3 is 2.34 bits per heavy atom. The Balaban J connectivity index is 1.73. The predicted octanol–water partition coefficient (Wildman–Crippen LogP) is 4.93. The first kappa shape index (κ1) is 24.7. The Hall–Kier alpha value is -3.43. The fourth-order valence-electron chi connectivity index (χ4n) is 4.05. The van der Waals surface area contributed by atoms with Gasteiger partial charge in [0.25, 0.3) is 5.91 Å².